The van der Waals surface area contributed by atoms with Gasteiger partial charge in [0, 0.05) is 31.9 Å². The van der Waals surface area contributed by atoms with Crippen molar-refractivity contribution in [3.63, 3.8) is 0 Å². The summed E-state index contributed by atoms with van der Waals surface area (Å²) in [4.78, 5) is 0. The number of rotatable bonds is 9. The van der Waals surface area contributed by atoms with Gasteiger partial charge in [-0.3, -0.25) is 0 Å². The van der Waals surface area contributed by atoms with E-state index in [2.05, 4.69) is 5.32 Å². The minimum Gasteiger partial charge on any atom is -0.508 e. The number of hydrogen-bond donors (Lipinski definition) is 3. The van der Waals surface area contributed by atoms with E-state index in [-0.39, 0.29) is 11.5 Å². The molecule has 102 valence electrons. The molecule has 0 fully saturated rings. The van der Waals surface area contributed by atoms with E-state index in [9.17, 15) is 5.11 Å². The second kappa shape index (κ2) is 8.74. The van der Waals surface area contributed by atoms with E-state index in [0.717, 1.165) is 18.5 Å². The predicted octanol–water partition coefficient (Wildman–Crippen LogP) is 1.24. The van der Waals surface area contributed by atoms with Crippen LogP contribution in [0.3, 0.4) is 0 Å². The molecule has 0 aromatic heterocycles. The van der Waals surface area contributed by atoms with E-state index in [4.69, 9.17) is 14.6 Å². The lowest BCUT2D eigenvalue weighted by Gasteiger charge is -2.07. The highest BCUT2D eigenvalue weighted by molar-refractivity contribution is 5.38. The Balaban J connectivity index is 2.07. The summed E-state index contributed by atoms with van der Waals surface area (Å²) < 4.78 is 10.2. The van der Waals surface area contributed by atoms with Crippen molar-refractivity contribution in [2.24, 2.45) is 0 Å². The van der Waals surface area contributed by atoms with Crippen molar-refractivity contribution >= 4 is 0 Å². The molecule has 0 spiro atoms. The van der Waals surface area contributed by atoms with E-state index in [1.807, 2.05) is 0 Å². The molecule has 5 nitrogen and oxygen atoms in total. The van der Waals surface area contributed by atoms with Crippen LogP contribution in [0.2, 0.25) is 0 Å². The molecule has 0 aliphatic rings. The summed E-state index contributed by atoms with van der Waals surface area (Å²) in [6.45, 7) is 3.32. The van der Waals surface area contributed by atoms with Crippen molar-refractivity contribution in [1.29, 1.82) is 0 Å². The van der Waals surface area contributed by atoms with E-state index in [1.165, 1.54) is 6.07 Å². The number of benzene rings is 1. The van der Waals surface area contributed by atoms with Crippen LogP contribution in [0, 0.1) is 0 Å². The number of phenolic OH excluding ortho intramolecular Hbond substituents is 2. The Kier molecular flexibility index (Phi) is 7.17. The van der Waals surface area contributed by atoms with Crippen molar-refractivity contribution in [1.82, 2.24) is 5.32 Å². The van der Waals surface area contributed by atoms with E-state index < -0.39 is 0 Å². The molecule has 0 saturated heterocycles. The third-order valence-corrected chi connectivity index (χ3v) is 2.46. The zero-order valence-electron chi connectivity index (χ0n) is 10.7. The van der Waals surface area contributed by atoms with Gasteiger partial charge in [-0.1, -0.05) is 6.07 Å². The Morgan fingerprint density at radius 2 is 2.00 bits per heavy atom. The van der Waals surface area contributed by atoms with Gasteiger partial charge in [0.05, 0.1) is 13.2 Å². The van der Waals surface area contributed by atoms with Gasteiger partial charge in [0.1, 0.15) is 11.5 Å². The van der Waals surface area contributed by atoms with Crippen LogP contribution in [0.25, 0.3) is 0 Å². The van der Waals surface area contributed by atoms with Gasteiger partial charge in [-0.05, 0) is 19.0 Å². The molecule has 1 aromatic carbocycles. The number of nitrogens with one attached hydrogen (secondary N) is 1. The van der Waals surface area contributed by atoms with Crippen LogP contribution >= 0.6 is 0 Å². The molecule has 0 aliphatic carbocycles. The Morgan fingerprint density at radius 1 is 1.17 bits per heavy atom. The molecule has 3 N–H and O–H groups in total. The fraction of sp³-hybridized carbons (Fsp3) is 0.538. The highest BCUT2D eigenvalue weighted by Crippen LogP contribution is 2.21. The molecular weight excluding hydrogens is 234 g/mol. The van der Waals surface area contributed by atoms with Gasteiger partial charge in [0.15, 0.2) is 0 Å². The number of ether oxygens (including phenoxy) is 2. The molecule has 5 heteroatoms. The zero-order valence-corrected chi connectivity index (χ0v) is 10.7. The summed E-state index contributed by atoms with van der Waals surface area (Å²) >= 11 is 0. The summed E-state index contributed by atoms with van der Waals surface area (Å²) in [6.07, 6.45) is 0.905. The van der Waals surface area contributed by atoms with Gasteiger partial charge >= 0.3 is 0 Å². The summed E-state index contributed by atoms with van der Waals surface area (Å²) in [5.74, 6) is 0.182. The van der Waals surface area contributed by atoms with E-state index in [1.54, 1.807) is 19.2 Å². The first-order valence-corrected chi connectivity index (χ1v) is 6.02. The molecule has 18 heavy (non-hydrogen) atoms. The Labute approximate surface area is 107 Å². The normalized spacial score (nSPS) is 10.7. The quantitative estimate of drug-likeness (QED) is 0.579. The molecule has 1 aromatic rings. The largest absolute Gasteiger partial charge is 0.508 e. The summed E-state index contributed by atoms with van der Waals surface area (Å²) in [5, 5.41) is 21.9. The Bertz CT molecular complexity index is 344. The summed E-state index contributed by atoms with van der Waals surface area (Å²) in [7, 11) is 1.65. The van der Waals surface area contributed by atoms with Gasteiger partial charge < -0.3 is 25.0 Å². The van der Waals surface area contributed by atoms with Crippen molar-refractivity contribution in [3.05, 3.63) is 23.8 Å². The van der Waals surface area contributed by atoms with Crippen molar-refractivity contribution < 1.29 is 19.7 Å². The molecule has 0 atom stereocenters. The highest BCUT2D eigenvalue weighted by Gasteiger charge is 2.01. The molecule has 0 amide bonds. The van der Waals surface area contributed by atoms with E-state index in [0.29, 0.717) is 26.4 Å². The Morgan fingerprint density at radius 3 is 2.72 bits per heavy atom. The number of phenols is 2. The van der Waals surface area contributed by atoms with Crippen LogP contribution in [0.4, 0.5) is 0 Å². The van der Waals surface area contributed by atoms with E-state index >= 15 is 0 Å². The average Bonchev–Trinajstić information content (AvgIpc) is 2.35. The predicted molar refractivity (Wildman–Crippen MR) is 68.8 cm³/mol. The molecule has 0 saturated carbocycles. The van der Waals surface area contributed by atoms with Crippen LogP contribution in [0.1, 0.15) is 12.0 Å². The minimum atomic E-state index is 0.0720. The molecular formula is C13H21NO4. The van der Waals surface area contributed by atoms with Crippen molar-refractivity contribution in [3.8, 4) is 11.5 Å². The van der Waals surface area contributed by atoms with Crippen LogP contribution in [0.15, 0.2) is 18.2 Å². The average molecular weight is 255 g/mol. The molecule has 0 aliphatic heterocycles. The third-order valence-electron chi connectivity index (χ3n) is 2.46. The standard InChI is InChI=1S/C13H21NO4/c1-17-7-8-18-6-2-5-14-10-11-3-4-12(15)9-13(11)16/h3-4,9,14-16H,2,5-8,10H2,1H3. The second-order valence-corrected chi connectivity index (χ2v) is 3.95. The maximum Gasteiger partial charge on any atom is 0.123 e. The van der Waals surface area contributed by atoms with Gasteiger partial charge in [-0.2, -0.15) is 0 Å². The lowest BCUT2D eigenvalue weighted by Crippen LogP contribution is -2.17. The first-order chi connectivity index (χ1) is 8.74. The van der Waals surface area contributed by atoms with Gasteiger partial charge in [0.2, 0.25) is 0 Å². The maximum absolute atomic E-state index is 9.55. The van der Waals surface area contributed by atoms with Gasteiger partial charge in [0.25, 0.3) is 0 Å². The minimum absolute atomic E-state index is 0.0720. The smallest absolute Gasteiger partial charge is 0.123 e. The summed E-state index contributed by atoms with van der Waals surface area (Å²) in [6, 6.07) is 4.60. The van der Waals surface area contributed by atoms with Gasteiger partial charge in [-0.15, -0.1) is 0 Å². The molecule has 0 radical (unpaired) electrons. The molecule has 1 rings (SSSR count). The van der Waals surface area contributed by atoms with Crippen LogP contribution in [-0.4, -0.2) is 43.7 Å². The monoisotopic (exact) mass is 255 g/mol. The third kappa shape index (κ3) is 5.86. The highest BCUT2D eigenvalue weighted by atomic mass is 16.5. The first kappa shape index (κ1) is 14.8. The molecule has 0 unspecified atom stereocenters. The molecule has 0 heterocycles. The lowest BCUT2D eigenvalue weighted by atomic mass is 10.2. The molecule has 0 bridgehead atoms. The van der Waals surface area contributed by atoms with Crippen molar-refractivity contribution in [2.45, 2.75) is 13.0 Å². The van der Waals surface area contributed by atoms with Crippen LogP contribution < -0.4 is 5.32 Å². The van der Waals surface area contributed by atoms with Crippen molar-refractivity contribution in [2.75, 3.05) is 33.5 Å². The number of hydrogen-bond acceptors (Lipinski definition) is 5. The summed E-state index contributed by atoms with van der Waals surface area (Å²) in [5.41, 5.74) is 0.771. The SMILES string of the molecule is COCCOCCCNCc1ccc(O)cc1O. The number of methoxy groups -OCH3 is 1. The Hall–Kier alpha value is -1.30. The lowest BCUT2D eigenvalue weighted by molar-refractivity contribution is 0.0695. The fourth-order valence-electron chi connectivity index (χ4n) is 1.47. The second-order valence-electron chi connectivity index (χ2n) is 3.95. The zero-order chi connectivity index (χ0) is 13.2. The van der Waals surface area contributed by atoms with Crippen LogP contribution in [-0.2, 0) is 16.0 Å². The topological polar surface area (TPSA) is 71.0 Å². The number of aromatic hydroxyl groups is 2. The fourth-order valence-corrected chi connectivity index (χ4v) is 1.47. The van der Waals surface area contributed by atoms with Gasteiger partial charge in [-0.25, -0.2) is 0 Å². The van der Waals surface area contributed by atoms with Crippen LogP contribution in [0.5, 0.6) is 11.5 Å². The first-order valence-electron chi connectivity index (χ1n) is 6.02. The maximum atomic E-state index is 9.55.